The van der Waals surface area contributed by atoms with Crippen molar-refractivity contribution in [3.05, 3.63) is 42.2 Å². The van der Waals surface area contributed by atoms with Gasteiger partial charge in [0.05, 0.1) is 19.4 Å². The highest BCUT2D eigenvalue weighted by Crippen LogP contribution is 2.20. The molecule has 0 bridgehead atoms. The second-order valence-corrected chi connectivity index (χ2v) is 4.89. The molecule has 0 atom stereocenters. The third-order valence-electron chi connectivity index (χ3n) is 3.45. The van der Waals surface area contributed by atoms with Gasteiger partial charge in [-0.05, 0) is 17.7 Å². The van der Waals surface area contributed by atoms with Crippen LogP contribution in [0.3, 0.4) is 0 Å². The lowest BCUT2D eigenvalue weighted by atomic mass is 10.1. The van der Waals surface area contributed by atoms with E-state index in [-0.39, 0.29) is 5.91 Å². The van der Waals surface area contributed by atoms with E-state index in [9.17, 15) is 4.79 Å². The van der Waals surface area contributed by atoms with Crippen molar-refractivity contribution < 1.29 is 9.53 Å². The fourth-order valence-electron chi connectivity index (χ4n) is 2.35. The fraction of sp³-hybridized carbons (Fsp3) is 0.333. The highest BCUT2D eigenvalue weighted by atomic mass is 16.5. The fourth-order valence-corrected chi connectivity index (χ4v) is 2.35. The standard InChI is InChI=1S/C15H17N3O2/c1-17-11-14(10-16-17)12-3-2-4-13(9-12)15(19)18-5-7-20-8-6-18/h2-4,9-11H,5-8H2,1H3. The van der Waals surface area contributed by atoms with E-state index in [1.165, 1.54) is 0 Å². The van der Waals surface area contributed by atoms with Gasteiger partial charge in [-0.3, -0.25) is 9.48 Å². The first-order valence-corrected chi connectivity index (χ1v) is 6.70. The molecule has 2 aromatic rings. The number of amides is 1. The molecule has 3 rings (SSSR count). The molecule has 1 aliphatic heterocycles. The second kappa shape index (κ2) is 5.46. The van der Waals surface area contributed by atoms with Crippen LogP contribution >= 0.6 is 0 Å². The van der Waals surface area contributed by atoms with E-state index in [0.29, 0.717) is 31.9 Å². The lowest BCUT2D eigenvalue weighted by molar-refractivity contribution is 0.0303. The maximum Gasteiger partial charge on any atom is 0.254 e. The van der Waals surface area contributed by atoms with Crippen molar-refractivity contribution in [2.24, 2.45) is 7.05 Å². The van der Waals surface area contributed by atoms with Crippen LogP contribution in [0, 0.1) is 0 Å². The summed E-state index contributed by atoms with van der Waals surface area (Å²) in [4.78, 5) is 14.3. The quantitative estimate of drug-likeness (QED) is 0.832. The Morgan fingerprint density at radius 1 is 1.25 bits per heavy atom. The zero-order valence-electron chi connectivity index (χ0n) is 11.5. The van der Waals surface area contributed by atoms with Gasteiger partial charge in [-0.25, -0.2) is 0 Å². The van der Waals surface area contributed by atoms with Crippen molar-refractivity contribution in [1.82, 2.24) is 14.7 Å². The van der Waals surface area contributed by atoms with E-state index in [2.05, 4.69) is 5.10 Å². The number of ether oxygens (including phenoxy) is 1. The summed E-state index contributed by atoms with van der Waals surface area (Å²) in [5.41, 5.74) is 2.74. The number of benzene rings is 1. The molecule has 1 aromatic carbocycles. The van der Waals surface area contributed by atoms with Crippen molar-refractivity contribution >= 4 is 5.91 Å². The van der Waals surface area contributed by atoms with Crippen molar-refractivity contribution in [3.63, 3.8) is 0 Å². The van der Waals surface area contributed by atoms with Gasteiger partial charge in [-0.15, -0.1) is 0 Å². The minimum Gasteiger partial charge on any atom is -0.378 e. The number of hydrogen-bond acceptors (Lipinski definition) is 3. The van der Waals surface area contributed by atoms with Crippen LogP contribution in [0.4, 0.5) is 0 Å². The Bertz CT molecular complexity index is 615. The van der Waals surface area contributed by atoms with Gasteiger partial charge < -0.3 is 9.64 Å². The van der Waals surface area contributed by atoms with Crippen LogP contribution in [0.2, 0.25) is 0 Å². The molecular formula is C15H17N3O2. The molecule has 2 heterocycles. The zero-order valence-corrected chi connectivity index (χ0v) is 11.5. The molecule has 0 spiro atoms. The molecule has 5 heteroatoms. The lowest BCUT2D eigenvalue weighted by Gasteiger charge is -2.27. The number of aryl methyl sites for hydroxylation is 1. The summed E-state index contributed by atoms with van der Waals surface area (Å²) in [5.74, 6) is 0.0686. The van der Waals surface area contributed by atoms with Crippen molar-refractivity contribution in [2.45, 2.75) is 0 Å². The molecular weight excluding hydrogens is 254 g/mol. The third kappa shape index (κ3) is 2.58. The predicted molar refractivity (Wildman–Crippen MR) is 75.4 cm³/mol. The van der Waals surface area contributed by atoms with Gasteiger partial charge in [0.1, 0.15) is 0 Å². The SMILES string of the molecule is Cn1cc(-c2cccc(C(=O)N3CCOCC3)c2)cn1. The predicted octanol–water partition coefficient (Wildman–Crippen LogP) is 1.56. The second-order valence-electron chi connectivity index (χ2n) is 4.89. The summed E-state index contributed by atoms with van der Waals surface area (Å²) >= 11 is 0. The van der Waals surface area contributed by atoms with Crippen LogP contribution in [-0.4, -0.2) is 46.9 Å². The van der Waals surface area contributed by atoms with Crippen LogP contribution in [0.25, 0.3) is 11.1 Å². The number of carbonyl (C=O) groups excluding carboxylic acids is 1. The van der Waals surface area contributed by atoms with Crippen molar-refractivity contribution in [2.75, 3.05) is 26.3 Å². The summed E-state index contributed by atoms with van der Waals surface area (Å²) in [7, 11) is 1.88. The molecule has 5 nitrogen and oxygen atoms in total. The Morgan fingerprint density at radius 3 is 2.75 bits per heavy atom. The maximum atomic E-state index is 12.4. The third-order valence-corrected chi connectivity index (χ3v) is 3.45. The Morgan fingerprint density at radius 2 is 2.05 bits per heavy atom. The van der Waals surface area contributed by atoms with Crippen LogP contribution in [-0.2, 0) is 11.8 Å². The smallest absolute Gasteiger partial charge is 0.254 e. The van der Waals surface area contributed by atoms with Crippen LogP contribution in [0.15, 0.2) is 36.7 Å². The van der Waals surface area contributed by atoms with Gasteiger partial charge in [-0.1, -0.05) is 12.1 Å². The van der Waals surface area contributed by atoms with E-state index in [4.69, 9.17) is 4.74 Å². The first-order chi connectivity index (χ1) is 9.74. The van der Waals surface area contributed by atoms with E-state index >= 15 is 0 Å². The molecule has 20 heavy (non-hydrogen) atoms. The highest BCUT2D eigenvalue weighted by Gasteiger charge is 2.18. The molecule has 1 saturated heterocycles. The number of aromatic nitrogens is 2. The monoisotopic (exact) mass is 271 g/mol. The Hall–Kier alpha value is -2.14. The van der Waals surface area contributed by atoms with Gasteiger partial charge in [-0.2, -0.15) is 5.10 Å². The van der Waals surface area contributed by atoms with E-state index < -0.39 is 0 Å². The number of hydrogen-bond donors (Lipinski definition) is 0. The van der Waals surface area contributed by atoms with E-state index in [1.807, 2.05) is 42.4 Å². The van der Waals surface area contributed by atoms with Crippen LogP contribution < -0.4 is 0 Å². The number of nitrogens with zero attached hydrogens (tertiary/aromatic N) is 3. The van der Waals surface area contributed by atoms with Gasteiger partial charge >= 0.3 is 0 Å². The largest absolute Gasteiger partial charge is 0.378 e. The van der Waals surface area contributed by atoms with Gasteiger partial charge in [0, 0.05) is 37.5 Å². The average Bonchev–Trinajstić information content (AvgIpc) is 2.94. The Labute approximate surface area is 117 Å². The zero-order chi connectivity index (χ0) is 13.9. The number of carbonyl (C=O) groups is 1. The van der Waals surface area contributed by atoms with Crippen LogP contribution in [0.5, 0.6) is 0 Å². The first kappa shape index (κ1) is 12.9. The number of morpholine rings is 1. The van der Waals surface area contributed by atoms with E-state index in [1.54, 1.807) is 10.9 Å². The summed E-state index contributed by atoms with van der Waals surface area (Å²) in [5, 5.41) is 4.16. The minimum atomic E-state index is 0.0686. The normalized spacial score (nSPS) is 15.3. The summed E-state index contributed by atoms with van der Waals surface area (Å²) in [6, 6.07) is 7.69. The van der Waals surface area contributed by atoms with Crippen molar-refractivity contribution in [3.8, 4) is 11.1 Å². The summed E-state index contributed by atoms with van der Waals surface area (Å²) in [6.45, 7) is 2.56. The average molecular weight is 271 g/mol. The molecule has 0 unspecified atom stereocenters. The van der Waals surface area contributed by atoms with Crippen LogP contribution in [0.1, 0.15) is 10.4 Å². The van der Waals surface area contributed by atoms with E-state index in [0.717, 1.165) is 11.1 Å². The Balaban J connectivity index is 1.85. The molecule has 1 aliphatic rings. The Kier molecular flexibility index (Phi) is 3.52. The highest BCUT2D eigenvalue weighted by molar-refractivity contribution is 5.95. The molecule has 0 N–H and O–H groups in total. The molecule has 1 fully saturated rings. The molecule has 1 aromatic heterocycles. The lowest BCUT2D eigenvalue weighted by Crippen LogP contribution is -2.40. The minimum absolute atomic E-state index is 0.0686. The topological polar surface area (TPSA) is 47.4 Å². The van der Waals surface area contributed by atoms with Gasteiger partial charge in [0.2, 0.25) is 0 Å². The molecule has 104 valence electrons. The summed E-state index contributed by atoms with van der Waals surface area (Å²) in [6.07, 6.45) is 3.75. The van der Waals surface area contributed by atoms with Crippen molar-refractivity contribution in [1.29, 1.82) is 0 Å². The van der Waals surface area contributed by atoms with Gasteiger partial charge in [0.25, 0.3) is 5.91 Å². The van der Waals surface area contributed by atoms with Gasteiger partial charge in [0.15, 0.2) is 0 Å². The summed E-state index contributed by atoms with van der Waals surface area (Å²) < 4.78 is 7.03. The maximum absolute atomic E-state index is 12.4. The molecule has 0 saturated carbocycles. The molecule has 0 radical (unpaired) electrons. The number of rotatable bonds is 2. The molecule has 1 amide bonds. The molecule has 0 aliphatic carbocycles. The first-order valence-electron chi connectivity index (χ1n) is 6.70.